The minimum absolute atomic E-state index is 0.160. The van der Waals surface area contributed by atoms with E-state index < -0.39 is 0 Å². The molecule has 0 spiro atoms. The van der Waals surface area contributed by atoms with Crippen LogP contribution in [0.25, 0.3) is 5.65 Å². The Morgan fingerprint density at radius 2 is 1.68 bits per heavy atom. The van der Waals surface area contributed by atoms with Crippen LogP contribution in [0.4, 0.5) is 11.4 Å². The molecule has 3 aromatic rings. The molecule has 0 bridgehead atoms. The minimum Gasteiger partial charge on any atom is -0.326 e. The van der Waals surface area contributed by atoms with Crippen molar-refractivity contribution in [3.63, 3.8) is 0 Å². The summed E-state index contributed by atoms with van der Waals surface area (Å²) in [5.41, 5.74) is 2.59. The van der Waals surface area contributed by atoms with Gasteiger partial charge in [0.2, 0.25) is 5.91 Å². The van der Waals surface area contributed by atoms with Gasteiger partial charge in [-0.3, -0.25) is 14.0 Å². The van der Waals surface area contributed by atoms with Gasteiger partial charge in [-0.2, -0.15) is 0 Å². The number of nitrogens with one attached hydrogen (secondary N) is 2. The van der Waals surface area contributed by atoms with E-state index in [4.69, 9.17) is 23.2 Å². The van der Waals surface area contributed by atoms with E-state index in [1.54, 1.807) is 47.9 Å². The highest BCUT2D eigenvalue weighted by Crippen LogP contribution is 2.25. The number of fused-ring (bicyclic) bond motifs is 1. The number of aromatic nitrogens is 2. The molecule has 25 heavy (non-hydrogen) atoms. The first-order valence-corrected chi connectivity index (χ1v) is 8.13. The monoisotopic (exact) mass is 376 g/mol. The highest BCUT2D eigenvalue weighted by molar-refractivity contribution is 6.36. The van der Waals surface area contributed by atoms with Gasteiger partial charge in [-0.05, 0) is 37.3 Å². The second-order valence-electron chi connectivity index (χ2n) is 5.46. The first-order chi connectivity index (χ1) is 11.8. The molecule has 2 amide bonds. The van der Waals surface area contributed by atoms with E-state index in [2.05, 4.69) is 15.6 Å². The van der Waals surface area contributed by atoms with Crippen molar-refractivity contribution in [2.45, 2.75) is 13.8 Å². The largest absolute Gasteiger partial charge is 0.326 e. The van der Waals surface area contributed by atoms with Crippen LogP contribution < -0.4 is 10.6 Å². The number of hydrogen-bond acceptors (Lipinski definition) is 3. The molecule has 0 saturated heterocycles. The van der Waals surface area contributed by atoms with Crippen LogP contribution in [0.5, 0.6) is 0 Å². The maximum Gasteiger partial charge on any atom is 0.274 e. The Morgan fingerprint density at radius 1 is 1.08 bits per heavy atom. The van der Waals surface area contributed by atoms with Crippen LogP contribution in [-0.2, 0) is 4.79 Å². The van der Waals surface area contributed by atoms with Crippen LogP contribution in [0.1, 0.15) is 23.1 Å². The van der Waals surface area contributed by atoms with Gasteiger partial charge in [0, 0.05) is 24.5 Å². The van der Waals surface area contributed by atoms with Crippen molar-refractivity contribution in [3.8, 4) is 0 Å². The molecule has 0 aliphatic rings. The topological polar surface area (TPSA) is 75.5 Å². The maximum absolute atomic E-state index is 12.7. The van der Waals surface area contributed by atoms with Gasteiger partial charge in [0.05, 0.1) is 15.7 Å². The fourth-order valence-corrected chi connectivity index (χ4v) is 3.00. The summed E-state index contributed by atoms with van der Waals surface area (Å²) in [6, 6.07) is 8.37. The van der Waals surface area contributed by atoms with Crippen molar-refractivity contribution in [3.05, 3.63) is 58.0 Å². The second-order valence-corrected chi connectivity index (χ2v) is 6.30. The zero-order valence-corrected chi connectivity index (χ0v) is 14.9. The first-order valence-electron chi connectivity index (χ1n) is 7.38. The summed E-state index contributed by atoms with van der Waals surface area (Å²) in [5, 5.41) is 6.24. The molecule has 2 heterocycles. The number of hydrogen-bond donors (Lipinski definition) is 2. The molecular weight excluding hydrogens is 363 g/mol. The van der Waals surface area contributed by atoms with Crippen LogP contribution in [0.15, 0.2) is 36.5 Å². The maximum atomic E-state index is 12.7. The van der Waals surface area contributed by atoms with Gasteiger partial charge in [-0.15, -0.1) is 0 Å². The predicted octanol–water partition coefficient (Wildman–Crippen LogP) is 4.16. The lowest BCUT2D eigenvalue weighted by Crippen LogP contribution is -2.15. The van der Waals surface area contributed by atoms with Gasteiger partial charge >= 0.3 is 0 Å². The van der Waals surface area contributed by atoms with Gasteiger partial charge in [-0.1, -0.05) is 23.2 Å². The number of pyridine rings is 1. The smallest absolute Gasteiger partial charge is 0.274 e. The molecule has 0 fully saturated rings. The van der Waals surface area contributed by atoms with Gasteiger partial charge in [0.15, 0.2) is 5.65 Å². The Kier molecular flexibility index (Phi) is 4.65. The van der Waals surface area contributed by atoms with Crippen molar-refractivity contribution >= 4 is 52.0 Å². The van der Waals surface area contributed by atoms with Crippen molar-refractivity contribution in [2.24, 2.45) is 0 Å². The standard InChI is InChI=1S/C17H14Cl2N4O2/c1-9-15(23-8-11(18)7-14(19)16(23)20-9)17(25)22-13-5-3-12(4-6-13)21-10(2)24/h3-8H,1-2H3,(H,21,24)(H,22,25). The van der Waals surface area contributed by atoms with Crippen molar-refractivity contribution in [1.29, 1.82) is 0 Å². The van der Waals surface area contributed by atoms with Gasteiger partial charge < -0.3 is 10.6 Å². The number of rotatable bonds is 3. The third-order valence-electron chi connectivity index (χ3n) is 3.49. The zero-order valence-electron chi connectivity index (χ0n) is 13.4. The minimum atomic E-state index is -0.337. The Morgan fingerprint density at radius 3 is 2.28 bits per heavy atom. The fraction of sp³-hybridized carbons (Fsp3) is 0.118. The predicted molar refractivity (Wildman–Crippen MR) is 98.6 cm³/mol. The molecule has 0 saturated carbocycles. The number of carbonyl (C=O) groups is 2. The zero-order chi connectivity index (χ0) is 18.1. The molecule has 0 aliphatic heterocycles. The Hall–Kier alpha value is -2.57. The number of amides is 2. The lowest BCUT2D eigenvalue weighted by atomic mass is 10.2. The van der Waals surface area contributed by atoms with Crippen molar-refractivity contribution < 1.29 is 9.59 Å². The summed E-state index contributed by atoms with van der Waals surface area (Å²) in [4.78, 5) is 28.0. The highest BCUT2D eigenvalue weighted by atomic mass is 35.5. The first kappa shape index (κ1) is 17.3. The highest BCUT2D eigenvalue weighted by Gasteiger charge is 2.19. The van der Waals surface area contributed by atoms with Crippen LogP contribution in [0.3, 0.4) is 0 Å². The molecule has 2 aromatic heterocycles. The van der Waals surface area contributed by atoms with Crippen LogP contribution in [-0.4, -0.2) is 21.2 Å². The number of anilines is 2. The molecule has 1 aromatic carbocycles. The van der Waals surface area contributed by atoms with E-state index in [9.17, 15) is 9.59 Å². The Labute approximate surface area is 153 Å². The lowest BCUT2D eigenvalue weighted by molar-refractivity contribution is -0.114. The number of benzene rings is 1. The quantitative estimate of drug-likeness (QED) is 0.720. The molecule has 8 heteroatoms. The molecule has 3 rings (SSSR count). The van der Waals surface area contributed by atoms with E-state index in [0.717, 1.165) is 0 Å². The van der Waals surface area contributed by atoms with Gasteiger partial charge in [-0.25, -0.2) is 4.98 Å². The average Bonchev–Trinajstić information content (AvgIpc) is 2.85. The normalized spacial score (nSPS) is 10.7. The Bertz CT molecular complexity index is 980. The van der Waals surface area contributed by atoms with Gasteiger partial charge in [0.1, 0.15) is 5.69 Å². The molecule has 2 N–H and O–H groups in total. The summed E-state index contributed by atoms with van der Waals surface area (Å²) >= 11 is 12.2. The van der Waals surface area contributed by atoms with E-state index in [0.29, 0.717) is 38.5 Å². The number of imidazole rings is 1. The van der Waals surface area contributed by atoms with E-state index in [1.807, 2.05) is 0 Å². The fourth-order valence-electron chi connectivity index (χ4n) is 2.49. The summed E-state index contributed by atoms with van der Waals surface area (Å²) in [6.45, 7) is 3.16. The SMILES string of the molecule is CC(=O)Nc1ccc(NC(=O)c2c(C)nc3c(Cl)cc(Cl)cn23)cc1. The van der Waals surface area contributed by atoms with Crippen LogP contribution in [0.2, 0.25) is 10.0 Å². The van der Waals surface area contributed by atoms with Crippen molar-refractivity contribution in [1.82, 2.24) is 9.38 Å². The number of carbonyl (C=O) groups excluding carboxylic acids is 2. The summed E-state index contributed by atoms with van der Waals surface area (Å²) in [6.07, 6.45) is 1.59. The molecule has 0 atom stereocenters. The van der Waals surface area contributed by atoms with Crippen LogP contribution in [0, 0.1) is 6.92 Å². The molecule has 0 unspecified atom stereocenters. The summed E-state index contributed by atoms with van der Waals surface area (Å²) < 4.78 is 1.57. The summed E-state index contributed by atoms with van der Waals surface area (Å²) in [5.74, 6) is -0.498. The van der Waals surface area contributed by atoms with Crippen molar-refractivity contribution in [2.75, 3.05) is 10.6 Å². The number of nitrogens with zero attached hydrogens (tertiary/aromatic N) is 2. The third kappa shape index (κ3) is 3.60. The number of halogens is 2. The Balaban J connectivity index is 1.90. The third-order valence-corrected chi connectivity index (χ3v) is 3.98. The molecule has 128 valence electrons. The van der Waals surface area contributed by atoms with E-state index in [1.165, 1.54) is 6.92 Å². The summed E-state index contributed by atoms with van der Waals surface area (Å²) in [7, 11) is 0. The number of aryl methyl sites for hydroxylation is 1. The van der Waals surface area contributed by atoms with Crippen LogP contribution >= 0.6 is 23.2 Å². The van der Waals surface area contributed by atoms with E-state index in [-0.39, 0.29) is 11.8 Å². The average molecular weight is 377 g/mol. The van der Waals surface area contributed by atoms with Gasteiger partial charge in [0.25, 0.3) is 5.91 Å². The molecule has 0 aliphatic carbocycles. The lowest BCUT2D eigenvalue weighted by Gasteiger charge is -2.08. The molecule has 0 radical (unpaired) electrons. The second kappa shape index (κ2) is 6.74. The molecule has 6 nitrogen and oxygen atoms in total. The molecular formula is C17H14Cl2N4O2. The van der Waals surface area contributed by atoms with E-state index >= 15 is 0 Å².